The van der Waals surface area contributed by atoms with Crippen LogP contribution in [0.25, 0.3) is 0 Å². The summed E-state index contributed by atoms with van der Waals surface area (Å²) in [6.07, 6.45) is 9.74. The summed E-state index contributed by atoms with van der Waals surface area (Å²) >= 11 is 0. The second-order valence-corrected chi connectivity index (χ2v) is 4.76. The van der Waals surface area contributed by atoms with Crippen LogP contribution in [0.15, 0.2) is 18.5 Å². The Balaban J connectivity index is 2.66. The van der Waals surface area contributed by atoms with Gasteiger partial charge in [-0.05, 0) is 32.8 Å². The van der Waals surface area contributed by atoms with E-state index >= 15 is 0 Å². The molecule has 1 unspecified atom stereocenters. The monoisotopic (exact) mass is 264 g/mol. The molecule has 19 heavy (non-hydrogen) atoms. The third-order valence-electron chi connectivity index (χ3n) is 2.94. The van der Waals surface area contributed by atoms with E-state index in [0.717, 1.165) is 30.5 Å². The average Bonchev–Trinajstić information content (AvgIpc) is 2.40. The van der Waals surface area contributed by atoms with E-state index in [1.165, 1.54) is 12.8 Å². The van der Waals surface area contributed by atoms with Gasteiger partial charge in [0.2, 0.25) is 5.88 Å². The Hall–Kier alpha value is -1.58. The molecule has 0 aliphatic heterocycles. The molecule has 4 heteroatoms. The van der Waals surface area contributed by atoms with Crippen LogP contribution in [0.5, 0.6) is 5.88 Å². The maximum absolute atomic E-state index is 8.79. The highest BCUT2D eigenvalue weighted by Gasteiger charge is 2.12. The summed E-state index contributed by atoms with van der Waals surface area (Å²) in [4.78, 5) is 8.63. The first-order valence-corrected chi connectivity index (χ1v) is 6.93. The Morgan fingerprint density at radius 2 is 2.16 bits per heavy atom. The first-order valence-electron chi connectivity index (χ1n) is 6.93. The van der Waals surface area contributed by atoms with Crippen molar-refractivity contribution < 1.29 is 9.84 Å². The van der Waals surface area contributed by atoms with Crippen LogP contribution < -0.4 is 4.74 Å². The van der Waals surface area contributed by atoms with E-state index in [1.807, 2.05) is 13.8 Å². The van der Waals surface area contributed by atoms with Crippen molar-refractivity contribution in [1.82, 2.24) is 9.97 Å². The number of aliphatic hydroxyl groups is 1. The first-order chi connectivity index (χ1) is 9.17. The maximum atomic E-state index is 8.79. The highest BCUT2D eigenvalue weighted by Crippen LogP contribution is 2.18. The molecule has 1 aromatic heterocycles. The molecule has 0 radical (unpaired) electrons. The van der Waals surface area contributed by atoms with Crippen LogP contribution in [0.3, 0.4) is 0 Å². The molecule has 0 saturated heterocycles. The number of unbranched alkanes of at least 4 members (excludes halogenated alkanes) is 2. The van der Waals surface area contributed by atoms with E-state index in [-0.39, 0.29) is 6.10 Å². The van der Waals surface area contributed by atoms with Gasteiger partial charge >= 0.3 is 0 Å². The van der Waals surface area contributed by atoms with Crippen LogP contribution >= 0.6 is 0 Å². The molecule has 0 aliphatic rings. The fourth-order valence-electron chi connectivity index (χ4n) is 1.84. The molecule has 0 bridgehead atoms. The predicted molar refractivity (Wildman–Crippen MR) is 76.4 cm³/mol. The van der Waals surface area contributed by atoms with E-state index in [0.29, 0.717) is 12.3 Å². The normalized spacial score (nSPS) is 12.8. The maximum Gasteiger partial charge on any atom is 0.235 e. The molecule has 1 rings (SSSR count). The molecule has 1 atom stereocenters. The van der Waals surface area contributed by atoms with Crippen LogP contribution in [0.2, 0.25) is 0 Å². The Morgan fingerprint density at radius 1 is 1.37 bits per heavy atom. The van der Waals surface area contributed by atoms with E-state index in [2.05, 4.69) is 16.9 Å². The van der Waals surface area contributed by atoms with Crippen molar-refractivity contribution in [2.24, 2.45) is 0 Å². The Morgan fingerprint density at radius 3 is 2.84 bits per heavy atom. The van der Waals surface area contributed by atoms with Gasteiger partial charge in [-0.1, -0.05) is 19.8 Å². The molecule has 4 nitrogen and oxygen atoms in total. The fourth-order valence-corrected chi connectivity index (χ4v) is 1.84. The molecular weight excluding hydrogens is 240 g/mol. The Bertz CT molecular complexity index is 405. The van der Waals surface area contributed by atoms with Gasteiger partial charge in [-0.15, -0.1) is 0 Å². The van der Waals surface area contributed by atoms with Crippen LogP contribution in [0.4, 0.5) is 0 Å². The molecule has 1 N–H and O–H groups in total. The Kier molecular flexibility index (Phi) is 6.93. The summed E-state index contributed by atoms with van der Waals surface area (Å²) in [5, 5.41) is 8.79. The van der Waals surface area contributed by atoms with Crippen LogP contribution in [-0.2, 0) is 0 Å². The summed E-state index contributed by atoms with van der Waals surface area (Å²) in [7, 11) is 0. The fraction of sp³-hybridized carbons (Fsp3) is 0.600. The van der Waals surface area contributed by atoms with Crippen molar-refractivity contribution in [3.05, 3.63) is 29.9 Å². The van der Waals surface area contributed by atoms with Gasteiger partial charge in [0.05, 0.1) is 17.6 Å². The molecule has 0 aliphatic carbocycles. The molecule has 0 aromatic carbocycles. The average molecular weight is 264 g/mol. The number of aliphatic hydroxyl groups excluding tert-OH is 1. The molecular formula is C15H24N2O2. The standard InChI is InChI=1S/C15H24N2O2/c1-4-5-6-8-14(9-7-10-18)19-15-13(3)16-11-12(2)17-15/h7,10-11,14,18H,4-6,8-9H2,1-3H3. The van der Waals surface area contributed by atoms with Crippen molar-refractivity contribution >= 4 is 0 Å². The lowest BCUT2D eigenvalue weighted by atomic mass is 10.1. The second kappa shape index (κ2) is 8.51. The summed E-state index contributed by atoms with van der Waals surface area (Å²) in [6.45, 7) is 5.98. The van der Waals surface area contributed by atoms with E-state index in [1.54, 1.807) is 12.3 Å². The van der Waals surface area contributed by atoms with Crippen molar-refractivity contribution in [2.75, 3.05) is 0 Å². The smallest absolute Gasteiger partial charge is 0.235 e. The number of aryl methyl sites for hydroxylation is 2. The zero-order valence-electron chi connectivity index (χ0n) is 12.1. The van der Waals surface area contributed by atoms with Gasteiger partial charge in [0.1, 0.15) is 6.10 Å². The van der Waals surface area contributed by atoms with Crippen molar-refractivity contribution in [2.45, 2.75) is 59.0 Å². The lowest BCUT2D eigenvalue weighted by Gasteiger charge is -2.18. The quantitative estimate of drug-likeness (QED) is 0.572. The number of nitrogens with zero attached hydrogens (tertiary/aromatic N) is 2. The van der Waals surface area contributed by atoms with Crippen LogP contribution in [-0.4, -0.2) is 21.2 Å². The zero-order valence-corrected chi connectivity index (χ0v) is 12.1. The number of hydrogen-bond donors (Lipinski definition) is 1. The highest BCUT2D eigenvalue weighted by molar-refractivity contribution is 5.18. The zero-order chi connectivity index (χ0) is 14.1. The summed E-state index contributed by atoms with van der Waals surface area (Å²) in [6, 6.07) is 0. The van der Waals surface area contributed by atoms with Gasteiger partial charge in [0.15, 0.2) is 0 Å². The minimum absolute atomic E-state index is 0.0461. The SMILES string of the molecule is CCCCCC(CC=CO)Oc1nc(C)cnc1C. The molecule has 0 spiro atoms. The van der Waals surface area contributed by atoms with Gasteiger partial charge in [0, 0.05) is 12.6 Å². The molecule has 0 fully saturated rings. The van der Waals surface area contributed by atoms with Gasteiger partial charge in [0.25, 0.3) is 0 Å². The topological polar surface area (TPSA) is 55.2 Å². The van der Waals surface area contributed by atoms with Gasteiger partial charge < -0.3 is 9.84 Å². The summed E-state index contributed by atoms with van der Waals surface area (Å²) in [5.41, 5.74) is 1.66. The third kappa shape index (κ3) is 5.73. The third-order valence-corrected chi connectivity index (χ3v) is 2.94. The lowest BCUT2D eigenvalue weighted by Crippen LogP contribution is -2.17. The first kappa shape index (κ1) is 15.5. The largest absolute Gasteiger partial charge is 0.516 e. The van der Waals surface area contributed by atoms with E-state index in [4.69, 9.17) is 9.84 Å². The Labute approximate surface area is 115 Å². The molecule has 1 aromatic rings. The summed E-state index contributed by atoms with van der Waals surface area (Å²) in [5.74, 6) is 0.604. The van der Waals surface area contributed by atoms with Crippen molar-refractivity contribution in [3.8, 4) is 5.88 Å². The molecule has 106 valence electrons. The van der Waals surface area contributed by atoms with E-state index < -0.39 is 0 Å². The van der Waals surface area contributed by atoms with Crippen LogP contribution in [0.1, 0.15) is 50.4 Å². The predicted octanol–water partition coefficient (Wildman–Crippen LogP) is 3.88. The van der Waals surface area contributed by atoms with Crippen molar-refractivity contribution in [1.29, 1.82) is 0 Å². The number of hydrogen-bond acceptors (Lipinski definition) is 4. The highest BCUT2D eigenvalue weighted by atomic mass is 16.5. The lowest BCUT2D eigenvalue weighted by molar-refractivity contribution is 0.179. The number of rotatable bonds is 8. The van der Waals surface area contributed by atoms with Crippen LogP contribution in [0, 0.1) is 13.8 Å². The van der Waals surface area contributed by atoms with Crippen molar-refractivity contribution in [3.63, 3.8) is 0 Å². The van der Waals surface area contributed by atoms with E-state index in [9.17, 15) is 0 Å². The molecule has 0 amide bonds. The minimum Gasteiger partial charge on any atom is -0.516 e. The number of ether oxygens (including phenoxy) is 1. The molecule has 1 heterocycles. The number of aromatic nitrogens is 2. The van der Waals surface area contributed by atoms with Gasteiger partial charge in [-0.2, -0.15) is 0 Å². The second-order valence-electron chi connectivity index (χ2n) is 4.76. The summed E-state index contributed by atoms with van der Waals surface area (Å²) < 4.78 is 5.94. The molecule has 0 saturated carbocycles. The van der Waals surface area contributed by atoms with Gasteiger partial charge in [-0.3, -0.25) is 4.98 Å². The minimum atomic E-state index is 0.0461. The van der Waals surface area contributed by atoms with Gasteiger partial charge in [-0.25, -0.2) is 4.98 Å².